The third-order valence-corrected chi connectivity index (χ3v) is 5.01. The molecule has 0 bridgehead atoms. The van der Waals surface area contributed by atoms with Crippen LogP contribution in [0.2, 0.25) is 0 Å². The molecule has 1 saturated carbocycles. The highest BCUT2D eigenvalue weighted by atomic mass is 16.6. The predicted molar refractivity (Wildman–Crippen MR) is 108 cm³/mol. The molecule has 1 aromatic rings. The highest BCUT2D eigenvalue weighted by Crippen LogP contribution is 2.36. The first-order chi connectivity index (χ1) is 14.3. The Balaban J connectivity index is 1.52. The molecule has 1 aliphatic carbocycles. The van der Waals surface area contributed by atoms with Gasteiger partial charge in [-0.2, -0.15) is 0 Å². The van der Waals surface area contributed by atoms with Gasteiger partial charge in [0, 0.05) is 19.2 Å². The summed E-state index contributed by atoms with van der Waals surface area (Å²) in [6, 6.07) is 1.76. The summed E-state index contributed by atoms with van der Waals surface area (Å²) in [7, 11) is 1.65. The molecule has 1 aliphatic rings. The Bertz CT molecular complexity index is 534. The maximum atomic E-state index is 9.31. The zero-order valence-corrected chi connectivity index (χ0v) is 17.6. The lowest BCUT2D eigenvalue weighted by Crippen LogP contribution is -2.25. The Hall–Kier alpha value is -1.16. The van der Waals surface area contributed by atoms with Crippen molar-refractivity contribution in [1.29, 1.82) is 0 Å². The second-order valence-corrected chi connectivity index (χ2v) is 7.12. The largest absolute Gasteiger partial charge is 0.390 e. The molecule has 166 valence electrons. The maximum absolute atomic E-state index is 9.31. The molecule has 0 aromatic carbocycles. The van der Waals surface area contributed by atoms with Crippen molar-refractivity contribution in [2.24, 2.45) is 5.92 Å². The highest BCUT2D eigenvalue weighted by molar-refractivity contribution is 5.07. The van der Waals surface area contributed by atoms with E-state index in [-0.39, 0.29) is 6.61 Å². The first-order valence-electron chi connectivity index (χ1n) is 10.6. The van der Waals surface area contributed by atoms with Gasteiger partial charge in [0.15, 0.2) is 0 Å². The van der Waals surface area contributed by atoms with Crippen LogP contribution in [0.4, 0.5) is 0 Å². The number of methoxy groups -OCH3 is 1. The topological polar surface area (TPSA) is 92.2 Å². The van der Waals surface area contributed by atoms with E-state index < -0.39 is 0 Å². The van der Waals surface area contributed by atoms with E-state index in [2.05, 4.69) is 9.97 Å². The number of aromatic nitrogens is 2. The summed E-state index contributed by atoms with van der Waals surface area (Å²) in [5.74, 6) is 1.55. The summed E-state index contributed by atoms with van der Waals surface area (Å²) in [6.07, 6.45) is 6.34. The van der Waals surface area contributed by atoms with Crippen molar-refractivity contribution < 1.29 is 28.8 Å². The lowest BCUT2D eigenvalue weighted by molar-refractivity contribution is -0.0133. The molecule has 0 amide bonds. The molecule has 8 nitrogen and oxygen atoms in total. The molecule has 1 fully saturated rings. The van der Waals surface area contributed by atoms with E-state index in [1.165, 1.54) is 12.8 Å². The molecule has 0 spiro atoms. The normalized spacial score (nSPS) is 19.5. The number of hydrogen-bond acceptors (Lipinski definition) is 8. The number of nitrogens with zero attached hydrogens (tertiary/aromatic N) is 2. The second kappa shape index (κ2) is 15.6. The smallest absolute Gasteiger partial charge is 0.132 e. The average molecular weight is 413 g/mol. The molecule has 1 aromatic heterocycles. The minimum atomic E-state index is -0.0503. The van der Waals surface area contributed by atoms with Gasteiger partial charge >= 0.3 is 0 Å². The van der Waals surface area contributed by atoms with E-state index in [4.69, 9.17) is 23.7 Å². The Morgan fingerprint density at radius 3 is 2.17 bits per heavy atom. The van der Waals surface area contributed by atoms with Crippen LogP contribution in [0.25, 0.3) is 0 Å². The van der Waals surface area contributed by atoms with Crippen molar-refractivity contribution in [3.8, 4) is 0 Å². The predicted octanol–water partition coefficient (Wildman–Crippen LogP) is 1.96. The summed E-state index contributed by atoms with van der Waals surface area (Å²) in [4.78, 5) is 8.95. The van der Waals surface area contributed by atoms with Gasteiger partial charge in [0.25, 0.3) is 0 Å². The molecule has 2 rings (SSSR count). The summed E-state index contributed by atoms with van der Waals surface area (Å²) >= 11 is 0. The Labute approximate surface area is 173 Å². The minimum Gasteiger partial charge on any atom is -0.390 e. The van der Waals surface area contributed by atoms with Crippen LogP contribution < -0.4 is 0 Å². The fourth-order valence-electron chi connectivity index (χ4n) is 3.46. The van der Waals surface area contributed by atoms with E-state index in [1.54, 1.807) is 19.4 Å². The van der Waals surface area contributed by atoms with E-state index >= 15 is 0 Å². The number of aliphatic hydroxyl groups is 1. The molecule has 1 heterocycles. The van der Waals surface area contributed by atoms with Gasteiger partial charge in [-0.3, -0.25) is 0 Å². The number of rotatable bonds is 16. The highest BCUT2D eigenvalue weighted by Gasteiger charge is 2.28. The fraction of sp³-hybridized carbons (Fsp3) is 0.810. The van der Waals surface area contributed by atoms with Gasteiger partial charge in [-0.25, -0.2) is 9.97 Å². The van der Waals surface area contributed by atoms with Crippen LogP contribution in [0.15, 0.2) is 12.3 Å². The van der Waals surface area contributed by atoms with Gasteiger partial charge in [0.2, 0.25) is 0 Å². The molecule has 8 heteroatoms. The lowest BCUT2D eigenvalue weighted by Gasteiger charge is -2.30. The second-order valence-electron chi connectivity index (χ2n) is 7.12. The zero-order valence-electron chi connectivity index (χ0n) is 17.6. The zero-order chi connectivity index (χ0) is 20.6. The van der Waals surface area contributed by atoms with E-state index in [0.29, 0.717) is 77.0 Å². The van der Waals surface area contributed by atoms with Gasteiger partial charge in [-0.1, -0.05) is 12.8 Å². The van der Waals surface area contributed by atoms with Crippen LogP contribution in [0.1, 0.15) is 43.1 Å². The summed E-state index contributed by atoms with van der Waals surface area (Å²) in [5.41, 5.74) is 0.678. The Morgan fingerprint density at radius 1 is 0.897 bits per heavy atom. The van der Waals surface area contributed by atoms with E-state index in [1.807, 2.05) is 0 Å². The summed E-state index contributed by atoms with van der Waals surface area (Å²) in [5, 5.41) is 9.31. The van der Waals surface area contributed by atoms with Gasteiger partial charge in [0.05, 0.1) is 71.8 Å². The summed E-state index contributed by atoms with van der Waals surface area (Å²) < 4.78 is 27.1. The molecule has 0 unspecified atom stereocenters. The standard InChI is InChI=1S/C21H36N2O6/c1-25-8-9-26-10-11-27-12-13-28-14-15-29-17-18-4-2-3-5-20(18)21-22-7-6-19(16-24)23-21/h6-7,18,20,24H,2-5,8-17H2,1H3/t18-,20+/m1/s1. The van der Waals surface area contributed by atoms with Crippen LogP contribution in [0.5, 0.6) is 0 Å². The molecular weight excluding hydrogens is 376 g/mol. The molecule has 1 N–H and O–H groups in total. The number of ether oxygens (including phenoxy) is 5. The van der Waals surface area contributed by atoms with Crippen LogP contribution in [-0.2, 0) is 30.3 Å². The third kappa shape index (κ3) is 9.93. The minimum absolute atomic E-state index is 0.0503. The van der Waals surface area contributed by atoms with Gasteiger partial charge in [-0.05, 0) is 24.8 Å². The van der Waals surface area contributed by atoms with Gasteiger partial charge in [-0.15, -0.1) is 0 Å². The quantitative estimate of drug-likeness (QED) is 0.412. The maximum Gasteiger partial charge on any atom is 0.132 e. The average Bonchev–Trinajstić information content (AvgIpc) is 2.77. The number of aliphatic hydroxyl groups excluding tert-OH is 1. The first-order valence-corrected chi connectivity index (χ1v) is 10.6. The van der Waals surface area contributed by atoms with Crippen molar-refractivity contribution in [1.82, 2.24) is 9.97 Å². The summed E-state index contributed by atoms with van der Waals surface area (Å²) in [6.45, 7) is 5.20. The lowest BCUT2D eigenvalue weighted by atomic mass is 9.79. The molecule has 2 atom stereocenters. The Morgan fingerprint density at radius 2 is 1.52 bits per heavy atom. The number of hydrogen-bond donors (Lipinski definition) is 1. The van der Waals surface area contributed by atoms with Crippen molar-refractivity contribution in [2.45, 2.75) is 38.2 Å². The van der Waals surface area contributed by atoms with Crippen molar-refractivity contribution in [2.75, 3.05) is 66.6 Å². The van der Waals surface area contributed by atoms with Crippen molar-refractivity contribution >= 4 is 0 Å². The molecule has 0 saturated heterocycles. The van der Waals surface area contributed by atoms with Crippen molar-refractivity contribution in [3.05, 3.63) is 23.8 Å². The van der Waals surface area contributed by atoms with Crippen LogP contribution in [0.3, 0.4) is 0 Å². The van der Waals surface area contributed by atoms with E-state index in [0.717, 1.165) is 18.7 Å². The third-order valence-electron chi connectivity index (χ3n) is 5.01. The van der Waals surface area contributed by atoms with Crippen molar-refractivity contribution in [3.63, 3.8) is 0 Å². The molecule has 0 aliphatic heterocycles. The molecular formula is C21H36N2O6. The van der Waals surface area contributed by atoms with Gasteiger partial charge in [0.1, 0.15) is 5.82 Å². The van der Waals surface area contributed by atoms with Crippen LogP contribution in [-0.4, -0.2) is 81.6 Å². The van der Waals surface area contributed by atoms with E-state index in [9.17, 15) is 5.11 Å². The van der Waals surface area contributed by atoms with Gasteiger partial charge < -0.3 is 28.8 Å². The Kier molecular flexibility index (Phi) is 13.0. The molecule has 29 heavy (non-hydrogen) atoms. The monoisotopic (exact) mass is 412 g/mol. The first kappa shape index (κ1) is 24.1. The van der Waals surface area contributed by atoms with Crippen LogP contribution >= 0.6 is 0 Å². The SMILES string of the molecule is COCCOCCOCCOCCOC[C@H]1CCCC[C@@H]1c1nccc(CO)n1. The molecule has 0 radical (unpaired) electrons. The van der Waals surface area contributed by atoms with Crippen LogP contribution in [0, 0.1) is 5.92 Å². The fourth-order valence-corrected chi connectivity index (χ4v) is 3.46.